The fourth-order valence-electron chi connectivity index (χ4n) is 4.08. The molecular weight excluding hydrogens is 324 g/mol. The molecule has 3 aliphatic heterocycles. The van der Waals surface area contributed by atoms with E-state index < -0.39 is 0 Å². The Kier molecular flexibility index (Phi) is 5.51. The first-order chi connectivity index (χ1) is 11.8. The zero-order chi connectivity index (χ0) is 16.2. The Morgan fingerprint density at radius 1 is 1.12 bits per heavy atom. The molecule has 0 amide bonds. The van der Waals surface area contributed by atoms with Crippen molar-refractivity contribution in [3.8, 4) is 0 Å². The van der Waals surface area contributed by atoms with Crippen LogP contribution in [-0.2, 0) is 20.8 Å². The number of nitrogens with zero attached hydrogens (tertiary/aromatic N) is 2. The molecule has 4 rings (SSSR count). The third-order valence-corrected chi connectivity index (χ3v) is 6.05. The highest BCUT2D eigenvalue weighted by Crippen LogP contribution is 2.34. The number of morpholine rings is 1. The Bertz CT molecular complexity index is 506. The molecule has 0 bridgehead atoms. The van der Waals surface area contributed by atoms with Gasteiger partial charge in [0.1, 0.15) is 5.60 Å². The van der Waals surface area contributed by atoms with E-state index in [0.717, 1.165) is 78.5 Å². The van der Waals surface area contributed by atoms with Crippen molar-refractivity contribution in [1.82, 2.24) is 9.80 Å². The molecule has 6 heteroatoms. The predicted molar refractivity (Wildman–Crippen MR) is 94.5 cm³/mol. The van der Waals surface area contributed by atoms with Crippen LogP contribution in [0.15, 0.2) is 16.8 Å². The summed E-state index contributed by atoms with van der Waals surface area (Å²) in [5.74, 6) is 0. The molecule has 1 aromatic heterocycles. The zero-order valence-corrected chi connectivity index (χ0v) is 15.1. The summed E-state index contributed by atoms with van der Waals surface area (Å²) in [6.07, 6.45) is 2.60. The predicted octanol–water partition coefficient (Wildman–Crippen LogP) is 1.83. The van der Waals surface area contributed by atoms with Gasteiger partial charge in [-0.1, -0.05) is 0 Å². The van der Waals surface area contributed by atoms with E-state index >= 15 is 0 Å². The average molecular weight is 353 g/mol. The summed E-state index contributed by atoms with van der Waals surface area (Å²) < 4.78 is 17.9. The Morgan fingerprint density at radius 2 is 1.96 bits per heavy atom. The van der Waals surface area contributed by atoms with E-state index in [4.69, 9.17) is 14.2 Å². The molecule has 4 heterocycles. The van der Waals surface area contributed by atoms with E-state index in [1.54, 1.807) is 11.3 Å². The number of ether oxygens (including phenoxy) is 3. The van der Waals surface area contributed by atoms with Gasteiger partial charge < -0.3 is 14.2 Å². The van der Waals surface area contributed by atoms with Crippen LogP contribution < -0.4 is 0 Å². The van der Waals surface area contributed by atoms with Gasteiger partial charge in [0, 0.05) is 39.3 Å². The second-order valence-electron chi connectivity index (χ2n) is 7.27. The van der Waals surface area contributed by atoms with Gasteiger partial charge in [-0.2, -0.15) is 11.3 Å². The van der Waals surface area contributed by atoms with E-state index in [1.165, 1.54) is 5.56 Å². The Morgan fingerprint density at radius 3 is 2.79 bits per heavy atom. The topological polar surface area (TPSA) is 34.2 Å². The second-order valence-corrected chi connectivity index (χ2v) is 8.05. The fraction of sp³-hybridized carbons (Fsp3) is 0.778. The Labute approximate surface area is 148 Å². The lowest BCUT2D eigenvalue weighted by Crippen LogP contribution is -2.46. The highest BCUT2D eigenvalue weighted by atomic mass is 32.1. The maximum absolute atomic E-state index is 6.58. The first-order valence-electron chi connectivity index (χ1n) is 9.10. The van der Waals surface area contributed by atoms with Gasteiger partial charge in [-0.05, 0) is 35.2 Å². The van der Waals surface area contributed by atoms with Crippen LogP contribution in [-0.4, -0.2) is 80.7 Å². The van der Waals surface area contributed by atoms with E-state index in [9.17, 15) is 0 Å². The summed E-state index contributed by atoms with van der Waals surface area (Å²) in [4.78, 5) is 4.99. The smallest absolute Gasteiger partial charge is 0.105 e. The monoisotopic (exact) mass is 352 g/mol. The molecule has 2 atom stereocenters. The van der Waals surface area contributed by atoms with Crippen LogP contribution in [0.5, 0.6) is 0 Å². The first kappa shape index (κ1) is 16.9. The molecule has 2 unspecified atom stereocenters. The summed E-state index contributed by atoms with van der Waals surface area (Å²) >= 11 is 1.77. The van der Waals surface area contributed by atoms with Crippen LogP contribution >= 0.6 is 11.3 Å². The largest absolute Gasteiger partial charge is 0.379 e. The average Bonchev–Trinajstić information content (AvgIpc) is 3.18. The van der Waals surface area contributed by atoms with Crippen molar-refractivity contribution >= 4 is 11.3 Å². The summed E-state index contributed by atoms with van der Waals surface area (Å²) in [5, 5.41) is 4.40. The Hall–Kier alpha value is -0.500. The molecule has 0 aromatic carbocycles. The van der Waals surface area contributed by atoms with Gasteiger partial charge in [-0.25, -0.2) is 0 Å². The number of rotatable bonds is 4. The summed E-state index contributed by atoms with van der Waals surface area (Å²) in [7, 11) is 0. The maximum atomic E-state index is 6.58. The number of hydrogen-bond acceptors (Lipinski definition) is 6. The van der Waals surface area contributed by atoms with E-state index in [-0.39, 0.29) is 5.60 Å². The lowest BCUT2D eigenvalue weighted by molar-refractivity contribution is -0.0967. The molecule has 0 N–H and O–H groups in total. The third-order valence-electron chi connectivity index (χ3n) is 5.32. The molecule has 1 spiro atoms. The maximum Gasteiger partial charge on any atom is 0.105 e. The van der Waals surface area contributed by atoms with Crippen molar-refractivity contribution in [2.45, 2.75) is 31.1 Å². The molecule has 24 heavy (non-hydrogen) atoms. The van der Waals surface area contributed by atoms with Crippen molar-refractivity contribution in [2.24, 2.45) is 0 Å². The molecule has 3 aliphatic rings. The molecule has 0 aliphatic carbocycles. The van der Waals surface area contributed by atoms with Gasteiger partial charge in [0.25, 0.3) is 0 Å². The van der Waals surface area contributed by atoms with E-state index in [1.807, 2.05) is 0 Å². The van der Waals surface area contributed by atoms with Crippen molar-refractivity contribution in [3.63, 3.8) is 0 Å². The van der Waals surface area contributed by atoms with Crippen LogP contribution in [0.3, 0.4) is 0 Å². The highest BCUT2D eigenvalue weighted by Gasteiger charge is 2.43. The number of hydrogen-bond donors (Lipinski definition) is 0. The summed E-state index contributed by atoms with van der Waals surface area (Å²) in [6, 6.07) is 2.22. The standard InChI is InChI=1S/C18H28N2O3S/c1-3-18(23-17(1)12-19-4-7-21-8-5-19)14-20(6-9-22-15-18)11-16-2-10-24-13-16/h2,10,13,17H,1,3-9,11-12,14-15H2. The molecule has 3 saturated heterocycles. The fourth-order valence-corrected chi connectivity index (χ4v) is 4.74. The molecule has 134 valence electrons. The molecule has 3 fully saturated rings. The SMILES string of the molecule is c1cc(CN2CCOCC3(CCC(CN4CCOCC4)O3)C2)cs1. The molecule has 0 radical (unpaired) electrons. The molecule has 0 saturated carbocycles. The van der Waals surface area contributed by atoms with Crippen LogP contribution in [0.25, 0.3) is 0 Å². The molecule has 1 aromatic rings. The Balaban J connectivity index is 1.34. The van der Waals surface area contributed by atoms with Gasteiger partial charge in [0.2, 0.25) is 0 Å². The summed E-state index contributed by atoms with van der Waals surface area (Å²) in [6.45, 7) is 9.36. The second kappa shape index (κ2) is 7.81. The van der Waals surface area contributed by atoms with Crippen molar-refractivity contribution < 1.29 is 14.2 Å². The van der Waals surface area contributed by atoms with Crippen molar-refractivity contribution in [3.05, 3.63) is 22.4 Å². The minimum absolute atomic E-state index is 0.108. The lowest BCUT2D eigenvalue weighted by Gasteiger charge is -2.33. The van der Waals surface area contributed by atoms with Gasteiger partial charge in [0.15, 0.2) is 0 Å². The van der Waals surface area contributed by atoms with Crippen molar-refractivity contribution in [2.75, 3.05) is 59.2 Å². The normalized spacial score (nSPS) is 33.1. The minimum Gasteiger partial charge on any atom is -0.379 e. The van der Waals surface area contributed by atoms with E-state index in [0.29, 0.717) is 6.10 Å². The van der Waals surface area contributed by atoms with Crippen LogP contribution in [0.1, 0.15) is 18.4 Å². The van der Waals surface area contributed by atoms with Crippen LogP contribution in [0, 0.1) is 0 Å². The minimum atomic E-state index is -0.108. The quantitative estimate of drug-likeness (QED) is 0.826. The van der Waals surface area contributed by atoms with Gasteiger partial charge in [-0.15, -0.1) is 0 Å². The molecular formula is C18H28N2O3S. The van der Waals surface area contributed by atoms with Crippen LogP contribution in [0.4, 0.5) is 0 Å². The highest BCUT2D eigenvalue weighted by molar-refractivity contribution is 7.07. The summed E-state index contributed by atoms with van der Waals surface area (Å²) in [5.41, 5.74) is 1.30. The van der Waals surface area contributed by atoms with Gasteiger partial charge >= 0.3 is 0 Å². The third kappa shape index (κ3) is 4.18. The lowest BCUT2D eigenvalue weighted by atomic mass is 10.00. The number of thiophene rings is 1. The van der Waals surface area contributed by atoms with Gasteiger partial charge in [-0.3, -0.25) is 9.80 Å². The molecule has 5 nitrogen and oxygen atoms in total. The van der Waals surface area contributed by atoms with E-state index in [2.05, 4.69) is 26.6 Å². The van der Waals surface area contributed by atoms with Crippen molar-refractivity contribution in [1.29, 1.82) is 0 Å². The zero-order valence-electron chi connectivity index (χ0n) is 14.3. The van der Waals surface area contributed by atoms with Gasteiger partial charge in [0.05, 0.1) is 32.5 Å². The first-order valence-corrected chi connectivity index (χ1v) is 10.0. The van der Waals surface area contributed by atoms with Crippen LogP contribution in [0.2, 0.25) is 0 Å².